The van der Waals surface area contributed by atoms with E-state index in [4.69, 9.17) is 4.74 Å². The van der Waals surface area contributed by atoms with E-state index in [1.807, 2.05) is 12.1 Å². The van der Waals surface area contributed by atoms with E-state index >= 15 is 0 Å². The van der Waals surface area contributed by atoms with E-state index in [0.717, 1.165) is 45.6 Å². The van der Waals surface area contributed by atoms with Crippen LogP contribution in [-0.2, 0) is 6.42 Å². The van der Waals surface area contributed by atoms with E-state index in [1.54, 1.807) is 13.2 Å². The largest absolute Gasteiger partial charge is 0.504 e. The first kappa shape index (κ1) is 13.2. The standard InChI is InChI=1S/C14H22N2O2/c1-18-14-5-4-12(11-13(14)17)3-2-8-16-9-6-15-7-10-16/h4-5,11,15,17H,2-3,6-10H2,1H3. The normalized spacial score (nSPS) is 16.7. The van der Waals surface area contributed by atoms with Crippen molar-refractivity contribution in [1.29, 1.82) is 0 Å². The highest BCUT2D eigenvalue weighted by Gasteiger charge is 2.09. The van der Waals surface area contributed by atoms with Crippen molar-refractivity contribution in [1.82, 2.24) is 10.2 Å². The van der Waals surface area contributed by atoms with E-state index in [1.165, 1.54) is 5.56 Å². The molecule has 0 spiro atoms. The number of piperazine rings is 1. The van der Waals surface area contributed by atoms with Crippen molar-refractivity contribution in [2.75, 3.05) is 39.8 Å². The highest BCUT2D eigenvalue weighted by molar-refractivity contribution is 5.41. The average Bonchev–Trinajstić information content (AvgIpc) is 2.40. The van der Waals surface area contributed by atoms with Gasteiger partial charge in [-0.25, -0.2) is 0 Å². The summed E-state index contributed by atoms with van der Waals surface area (Å²) in [5, 5.41) is 13.1. The van der Waals surface area contributed by atoms with Crippen molar-refractivity contribution in [2.24, 2.45) is 0 Å². The molecule has 1 aromatic rings. The van der Waals surface area contributed by atoms with E-state index in [2.05, 4.69) is 10.2 Å². The quantitative estimate of drug-likeness (QED) is 0.825. The highest BCUT2D eigenvalue weighted by Crippen LogP contribution is 2.26. The van der Waals surface area contributed by atoms with Crippen LogP contribution >= 0.6 is 0 Å². The second-order valence-corrected chi connectivity index (χ2v) is 4.70. The maximum absolute atomic E-state index is 9.70. The van der Waals surface area contributed by atoms with Gasteiger partial charge in [0.1, 0.15) is 0 Å². The van der Waals surface area contributed by atoms with Gasteiger partial charge in [0.15, 0.2) is 11.5 Å². The van der Waals surface area contributed by atoms with Gasteiger partial charge in [-0.3, -0.25) is 0 Å². The second kappa shape index (κ2) is 6.61. The Bertz CT molecular complexity index is 376. The Balaban J connectivity index is 1.77. The molecule has 100 valence electrons. The first-order valence-electron chi connectivity index (χ1n) is 6.58. The van der Waals surface area contributed by atoms with Gasteiger partial charge in [0, 0.05) is 26.2 Å². The molecule has 4 heteroatoms. The van der Waals surface area contributed by atoms with Crippen LogP contribution in [0.5, 0.6) is 11.5 Å². The second-order valence-electron chi connectivity index (χ2n) is 4.70. The topological polar surface area (TPSA) is 44.7 Å². The molecule has 4 nitrogen and oxygen atoms in total. The van der Waals surface area contributed by atoms with Crippen LogP contribution in [0.3, 0.4) is 0 Å². The molecule has 1 aliphatic heterocycles. The van der Waals surface area contributed by atoms with Crippen molar-refractivity contribution in [2.45, 2.75) is 12.8 Å². The molecule has 18 heavy (non-hydrogen) atoms. The first-order chi connectivity index (χ1) is 8.79. The van der Waals surface area contributed by atoms with Crippen molar-refractivity contribution in [3.8, 4) is 11.5 Å². The number of hydrogen-bond donors (Lipinski definition) is 2. The SMILES string of the molecule is COc1ccc(CCCN2CCNCC2)cc1O. The molecule has 1 aromatic carbocycles. The number of hydrogen-bond acceptors (Lipinski definition) is 4. The lowest BCUT2D eigenvalue weighted by atomic mass is 10.1. The predicted octanol–water partition coefficient (Wildman–Crippen LogP) is 1.24. The molecule has 0 radical (unpaired) electrons. The van der Waals surface area contributed by atoms with E-state index in [-0.39, 0.29) is 5.75 Å². The Morgan fingerprint density at radius 2 is 2.11 bits per heavy atom. The van der Waals surface area contributed by atoms with Gasteiger partial charge in [0.05, 0.1) is 7.11 Å². The Kier molecular flexibility index (Phi) is 4.84. The van der Waals surface area contributed by atoms with Crippen LogP contribution in [0, 0.1) is 0 Å². The molecule has 0 unspecified atom stereocenters. The molecule has 2 N–H and O–H groups in total. The monoisotopic (exact) mass is 250 g/mol. The zero-order valence-corrected chi connectivity index (χ0v) is 11.0. The van der Waals surface area contributed by atoms with Crippen molar-refractivity contribution < 1.29 is 9.84 Å². The fraction of sp³-hybridized carbons (Fsp3) is 0.571. The molecule has 0 saturated carbocycles. The minimum absolute atomic E-state index is 0.233. The number of benzene rings is 1. The molecule has 1 fully saturated rings. The van der Waals surface area contributed by atoms with Gasteiger partial charge < -0.3 is 20.1 Å². The summed E-state index contributed by atoms with van der Waals surface area (Å²) in [6.07, 6.45) is 2.13. The smallest absolute Gasteiger partial charge is 0.160 e. The number of ether oxygens (including phenoxy) is 1. The fourth-order valence-electron chi connectivity index (χ4n) is 2.33. The number of phenolic OH excluding ortho intramolecular Hbond substituents is 1. The van der Waals surface area contributed by atoms with Gasteiger partial charge in [-0.1, -0.05) is 6.07 Å². The van der Waals surface area contributed by atoms with Gasteiger partial charge in [0.25, 0.3) is 0 Å². The Morgan fingerprint density at radius 3 is 2.78 bits per heavy atom. The third-order valence-electron chi connectivity index (χ3n) is 3.39. The van der Waals surface area contributed by atoms with Crippen LogP contribution in [0.1, 0.15) is 12.0 Å². The number of nitrogens with zero attached hydrogens (tertiary/aromatic N) is 1. The minimum Gasteiger partial charge on any atom is -0.504 e. The summed E-state index contributed by atoms with van der Waals surface area (Å²) in [6.45, 7) is 5.63. The Labute approximate surface area is 109 Å². The van der Waals surface area contributed by atoms with Crippen molar-refractivity contribution in [3.05, 3.63) is 23.8 Å². The fourth-order valence-corrected chi connectivity index (χ4v) is 2.33. The van der Waals surface area contributed by atoms with Gasteiger partial charge in [-0.2, -0.15) is 0 Å². The maximum Gasteiger partial charge on any atom is 0.160 e. The molecular formula is C14H22N2O2. The lowest BCUT2D eigenvalue weighted by Crippen LogP contribution is -2.43. The van der Waals surface area contributed by atoms with Gasteiger partial charge in [-0.05, 0) is 37.1 Å². The van der Waals surface area contributed by atoms with Crippen molar-refractivity contribution >= 4 is 0 Å². The van der Waals surface area contributed by atoms with Crippen LogP contribution in [-0.4, -0.2) is 49.8 Å². The molecule has 1 saturated heterocycles. The highest BCUT2D eigenvalue weighted by atomic mass is 16.5. The number of nitrogens with one attached hydrogen (secondary N) is 1. The van der Waals surface area contributed by atoms with Gasteiger partial charge in [0.2, 0.25) is 0 Å². The van der Waals surface area contributed by atoms with Crippen LogP contribution in [0.25, 0.3) is 0 Å². The number of aromatic hydroxyl groups is 1. The summed E-state index contributed by atoms with van der Waals surface area (Å²) in [5.41, 5.74) is 1.17. The summed E-state index contributed by atoms with van der Waals surface area (Å²) >= 11 is 0. The summed E-state index contributed by atoms with van der Waals surface area (Å²) in [7, 11) is 1.57. The molecule has 2 rings (SSSR count). The number of rotatable bonds is 5. The molecule has 0 atom stereocenters. The maximum atomic E-state index is 9.70. The third-order valence-corrected chi connectivity index (χ3v) is 3.39. The Morgan fingerprint density at radius 1 is 1.33 bits per heavy atom. The predicted molar refractivity (Wildman–Crippen MR) is 72.3 cm³/mol. The van der Waals surface area contributed by atoms with Crippen molar-refractivity contribution in [3.63, 3.8) is 0 Å². The lowest BCUT2D eigenvalue weighted by Gasteiger charge is -2.27. The lowest BCUT2D eigenvalue weighted by molar-refractivity contribution is 0.238. The first-order valence-corrected chi connectivity index (χ1v) is 6.58. The molecule has 0 bridgehead atoms. The van der Waals surface area contributed by atoms with E-state index < -0.39 is 0 Å². The minimum atomic E-state index is 0.233. The summed E-state index contributed by atoms with van der Waals surface area (Å²) < 4.78 is 5.03. The number of methoxy groups -OCH3 is 1. The summed E-state index contributed by atoms with van der Waals surface area (Å²) in [6, 6.07) is 5.66. The van der Waals surface area contributed by atoms with Gasteiger partial charge in [-0.15, -0.1) is 0 Å². The zero-order chi connectivity index (χ0) is 12.8. The molecule has 0 aromatic heterocycles. The van der Waals surface area contributed by atoms with Crippen LogP contribution < -0.4 is 10.1 Å². The molecule has 1 heterocycles. The zero-order valence-electron chi connectivity index (χ0n) is 11.0. The third kappa shape index (κ3) is 3.62. The Hall–Kier alpha value is -1.26. The van der Waals surface area contributed by atoms with Crippen LogP contribution in [0.15, 0.2) is 18.2 Å². The molecule has 1 aliphatic rings. The number of phenols is 1. The van der Waals surface area contributed by atoms with Crippen LogP contribution in [0.4, 0.5) is 0 Å². The van der Waals surface area contributed by atoms with Gasteiger partial charge >= 0.3 is 0 Å². The number of aryl methyl sites for hydroxylation is 1. The molecular weight excluding hydrogens is 228 g/mol. The van der Waals surface area contributed by atoms with Crippen LogP contribution in [0.2, 0.25) is 0 Å². The summed E-state index contributed by atoms with van der Waals surface area (Å²) in [4.78, 5) is 2.49. The van der Waals surface area contributed by atoms with E-state index in [0.29, 0.717) is 5.75 Å². The molecule has 0 amide bonds. The van der Waals surface area contributed by atoms with E-state index in [9.17, 15) is 5.11 Å². The molecule has 0 aliphatic carbocycles. The average molecular weight is 250 g/mol. The summed E-state index contributed by atoms with van der Waals surface area (Å²) in [5.74, 6) is 0.776.